The van der Waals surface area contributed by atoms with Crippen LogP contribution in [-0.2, 0) is 4.79 Å². The number of nitrogens with zero attached hydrogens (tertiary/aromatic N) is 1. The number of hydrogen-bond donors (Lipinski definition) is 1. The Labute approximate surface area is 150 Å². The van der Waals surface area contributed by atoms with Crippen LogP contribution in [-0.4, -0.2) is 29.7 Å². The molecule has 1 unspecified atom stereocenters. The SMILES string of the molecule is CC.COc1ccc(C(CC(=O)O)C[N+](=O)[O-])c2c1oc1ccccc12. The second-order valence-electron chi connectivity index (χ2n) is 5.47. The maximum atomic E-state index is 11.2. The third-order valence-electron chi connectivity index (χ3n) is 3.97. The summed E-state index contributed by atoms with van der Waals surface area (Å²) in [5.74, 6) is -1.34. The normalized spacial score (nSPS) is 11.7. The van der Waals surface area contributed by atoms with Gasteiger partial charge in [0.1, 0.15) is 5.58 Å². The van der Waals surface area contributed by atoms with Gasteiger partial charge in [0.25, 0.3) is 0 Å². The molecule has 0 fully saturated rings. The lowest BCUT2D eigenvalue weighted by Gasteiger charge is -2.13. The lowest BCUT2D eigenvalue weighted by molar-refractivity contribution is -0.483. The van der Waals surface area contributed by atoms with Crippen LogP contribution in [0.4, 0.5) is 0 Å². The van der Waals surface area contributed by atoms with Gasteiger partial charge in [0.05, 0.1) is 19.4 Å². The average Bonchev–Trinajstić information content (AvgIpc) is 3.01. The zero-order chi connectivity index (χ0) is 19.3. The zero-order valence-electron chi connectivity index (χ0n) is 14.9. The fourth-order valence-electron chi connectivity index (χ4n) is 2.99. The molecule has 0 amide bonds. The molecule has 0 spiro atoms. The van der Waals surface area contributed by atoms with E-state index in [9.17, 15) is 14.9 Å². The van der Waals surface area contributed by atoms with Crippen LogP contribution in [0.3, 0.4) is 0 Å². The number of methoxy groups -OCH3 is 1. The Kier molecular flexibility index (Phi) is 6.16. The predicted octanol–water partition coefficient (Wildman–Crippen LogP) is 4.46. The van der Waals surface area contributed by atoms with Crippen LogP contribution in [0.25, 0.3) is 21.9 Å². The number of furan rings is 1. The number of benzene rings is 2. The van der Waals surface area contributed by atoms with E-state index in [1.54, 1.807) is 18.2 Å². The Morgan fingerprint density at radius 1 is 1.27 bits per heavy atom. The number of hydrogen-bond acceptors (Lipinski definition) is 5. The van der Waals surface area contributed by atoms with Crippen LogP contribution in [0.15, 0.2) is 40.8 Å². The van der Waals surface area contributed by atoms with Gasteiger partial charge in [0.2, 0.25) is 6.54 Å². The summed E-state index contributed by atoms with van der Waals surface area (Å²) in [6.07, 6.45) is -0.331. The van der Waals surface area contributed by atoms with E-state index in [0.717, 1.165) is 5.39 Å². The third-order valence-corrected chi connectivity index (χ3v) is 3.97. The van der Waals surface area contributed by atoms with E-state index in [2.05, 4.69) is 0 Å². The highest BCUT2D eigenvalue weighted by Gasteiger charge is 2.26. The fraction of sp³-hybridized carbons (Fsp3) is 0.316. The van der Waals surface area contributed by atoms with Crippen molar-refractivity contribution in [3.05, 3.63) is 52.1 Å². The number of carboxylic acids is 1. The van der Waals surface area contributed by atoms with Crippen molar-refractivity contribution in [1.82, 2.24) is 0 Å². The molecule has 0 aliphatic carbocycles. The third kappa shape index (κ3) is 3.77. The molecule has 0 saturated heterocycles. The van der Waals surface area contributed by atoms with Gasteiger partial charge in [-0.3, -0.25) is 14.9 Å². The summed E-state index contributed by atoms with van der Waals surface area (Å²) in [7, 11) is 1.51. The van der Waals surface area contributed by atoms with Crippen LogP contribution in [0, 0.1) is 10.1 Å². The number of ether oxygens (including phenoxy) is 1. The number of para-hydroxylation sites is 1. The summed E-state index contributed by atoms with van der Waals surface area (Å²) in [4.78, 5) is 21.7. The number of fused-ring (bicyclic) bond motifs is 3. The minimum absolute atomic E-state index is 0.331. The van der Waals surface area contributed by atoms with E-state index >= 15 is 0 Å². The van der Waals surface area contributed by atoms with Crippen LogP contribution >= 0.6 is 0 Å². The summed E-state index contributed by atoms with van der Waals surface area (Å²) in [6, 6.07) is 10.6. The molecule has 138 valence electrons. The van der Waals surface area contributed by atoms with Gasteiger partial charge in [0, 0.05) is 15.7 Å². The Morgan fingerprint density at radius 3 is 2.58 bits per heavy atom. The van der Waals surface area contributed by atoms with Crippen molar-refractivity contribution >= 4 is 27.9 Å². The van der Waals surface area contributed by atoms with Crippen molar-refractivity contribution in [2.75, 3.05) is 13.7 Å². The molecule has 0 aliphatic rings. The Balaban J connectivity index is 0.00000117. The molecule has 0 radical (unpaired) electrons. The molecule has 3 aromatic rings. The second-order valence-corrected chi connectivity index (χ2v) is 5.47. The smallest absolute Gasteiger partial charge is 0.304 e. The quantitative estimate of drug-likeness (QED) is 0.515. The molecule has 1 atom stereocenters. The van der Waals surface area contributed by atoms with E-state index in [1.807, 2.05) is 32.0 Å². The van der Waals surface area contributed by atoms with Gasteiger partial charge in [-0.1, -0.05) is 38.1 Å². The van der Waals surface area contributed by atoms with Crippen molar-refractivity contribution in [3.63, 3.8) is 0 Å². The van der Waals surface area contributed by atoms with E-state index in [-0.39, 0.29) is 6.42 Å². The topological polar surface area (TPSA) is 103 Å². The first-order valence-electron chi connectivity index (χ1n) is 8.33. The summed E-state index contributed by atoms with van der Waals surface area (Å²) >= 11 is 0. The molecule has 1 heterocycles. The van der Waals surface area contributed by atoms with E-state index in [1.165, 1.54) is 7.11 Å². The summed E-state index contributed by atoms with van der Waals surface area (Å²) in [5, 5.41) is 21.6. The minimum atomic E-state index is -1.08. The zero-order valence-corrected chi connectivity index (χ0v) is 14.9. The summed E-state index contributed by atoms with van der Waals surface area (Å²) in [5.41, 5.74) is 1.67. The molecule has 0 aliphatic heterocycles. The second kappa shape index (κ2) is 8.33. The Bertz CT molecular complexity index is 914. The summed E-state index contributed by atoms with van der Waals surface area (Å²) in [6.45, 7) is 3.53. The van der Waals surface area contributed by atoms with Gasteiger partial charge in [-0.25, -0.2) is 0 Å². The molecular weight excluding hydrogens is 338 g/mol. The van der Waals surface area contributed by atoms with Crippen LogP contribution in [0.1, 0.15) is 31.7 Å². The number of nitro groups is 1. The molecular formula is C19H21NO6. The number of carboxylic acid groups (broad SMARTS) is 1. The highest BCUT2D eigenvalue weighted by Crippen LogP contribution is 2.40. The van der Waals surface area contributed by atoms with Crippen molar-refractivity contribution in [2.45, 2.75) is 26.2 Å². The van der Waals surface area contributed by atoms with Crippen molar-refractivity contribution in [1.29, 1.82) is 0 Å². The lowest BCUT2D eigenvalue weighted by Crippen LogP contribution is -2.16. The van der Waals surface area contributed by atoms with Crippen molar-refractivity contribution < 1.29 is 24.0 Å². The van der Waals surface area contributed by atoms with Gasteiger partial charge in [-0.2, -0.15) is 0 Å². The Morgan fingerprint density at radius 2 is 1.96 bits per heavy atom. The maximum Gasteiger partial charge on any atom is 0.304 e. The van der Waals surface area contributed by atoms with Gasteiger partial charge in [-0.15, -0.1) is 0 Å². The van der Waals surface area contributed by atoms with Crippen molar-refractivity contribution in [2.24, 2.45) is 0 Å². The maximum absolute atomic E-state index is 11.2. The van der Waals surface area contributed by atoms with Crippen molar-refractivity contribution in [3.8, 4) is 5.75 Å². The molecule has 7 heteroatoms. The molecule has 26 heavy (non-hydrogen) atoms. The van der Waals surface area contributed by atoms with Gasteiger partial charge < -0.3 is 14.3 Å². The number of aliphatic carboxylic acids is 1. The highest BCUT2D eigenvalue weighted by molar-refractivity contribution is 6.09. The predicted molar refractivity (Wildman–Crippen MR) is 98.5 cm³/mol. The number of carbonyl (C=O) groups is 1. The summed E-state index contributed by atoms with van der Waals surface area (Å²) < 4.78 is 11.1. The highest BCUT2D eigenvalue weighted by atomic mass is 16.6. The van der Waals surface area contributed by atoms with E-state index in [0.29, 0.717) is 27.9 Å². The minimum Gasteiger partial charge on any atom is -0.493 e. The Hall–Kier alpha value is -3.09. The largest absolute Gasteiger partial charge is 0.493 e. The molecule has 0 saturated carbocycles. The van der Waals surface area contributed by atoms with Gasteiger partial charge in [0.15, 0.2) is 11.3 Å². The number of rotatable bonds is 6. The molecule has 7 nitrogen and oxygen atoms in total. The van der Waals surface area contributed by atoms with Gasteiger partial charge in [-0.05, 0) is 17.7 Å². The first-order valence-corrected chi connectivity index (χ1v) is 8.33. The monoisotopic (exact) mass is 359 g/mol. The first-order chi connectivity index (χ1) is 12.5. The molecule has 3 rings (SSSR count). The fourth-order valence-corrected chi connectivity index (χ4v) is 2.99. The molecule has 1 aromatic heterocycles. The average molecular weight is 359 g/mol. The van der Waals surface area contributed by atoms with E-state index < -0.39 is 23.4 Å². The molecule has 2 aromatic carbocycles. The standard InChI is InChI=1S/C17H15NO6.C2H6/c1-23-14-7-6-11(10(8-15(19)20)9-18(21)22)16-12-4-2-3-5-13(12)24-17(14)16;1-2/h2-7,10H,8-9H2,1H3,(H,19,20);1-2H3. The van der Waals surface area contributed by atoms with E-state index in [4.69, 9.17) is 14.3 Å². The van der Waals surface area contributed by atoms with Crippen LogP contribution in [0.5, 0.6) is 5.75 Å². The van der Waals surface area contributed by atoms with Crippen LogP contribution in [0.2, 0.25) is 0 Å². The molecule has 1 N–H and O–H groups in total. The van der Waals surface area contributed by atoms with Crippen LogP contribution < -0.4 is 4.74 Å². The first kappa shape index (κ1) is 19.2. The lowest BCUT2D eigenvalue weighted by atomic mass is 9.91. The van der Waals surface area contributed by atoms with Gasteiger partial charge >= 0.3 is 5.97 Å². The molecule has 0 bridgehead atoms.